The van der Waals surface area contributed by atoms with Gasteiger partial charge in [0.05, 0.1) is 12.9 Å². The fourth-order valence-corrected chi connectivity index (χ4v) is 2.60. The summed E-state index contributed by atoms with van der Waals surface area (Å²) in [6, 6.07) is -0.525. The van der Waals surface area contributed by atoms with E-state index in [1.807, 2.05) is 13.8 Å². The number of carbonyl (C=O) groups is 2. The van der Waals surface area contributed by atoms with E-state index in [4.69, 9.17) is 4.74 Å². The van der Waals surface area contributed by atoms with Gasteiger partial charge in [-0.15, -0.1) is 0 Å². The van der Waals surface area contributed by atoms with Gasteiger partial charge in [-0.1, -0.05) is 27.7 Å². The first-order valence-electron chi connectivity index (χ1n) is 6.81. The maximum atomic E-state index is 11.8. The molecule has 1 atom stereocenters. The molecule has 0 aromatic carbocycles. The van der Waals surface area contributed by atoms with Gasteiger partial charge in [0.15, 0.2) is 0 Å². The number of hydrogen-bond donors (Lipinski definition) is 1. The lowest BCUT2D eigenvalue weighted by atomic mass is 10.0. The third kappa shape index (κ3) is 9.82. The molecule has 1 unspecified atom stereocenters. The van der Waals surface area contributed by atoms with Crippen molar-refractivity contribution in [2.45, 2.75) is 46.6 Å². The minimum Gasteiger partial charge on any atom is -0.467 e. The van der Waals surface area contributed by atoms with Crippen LogP contribution in [0.5, 0.6) is 0 Å². The zero-order valence-corrected chi connectivity index (χ0v) is 13.5. The monoisotopic (exact) mass is 289 g/mol. The Morgan fingerprint density at radius 2 is 1.79 bits per heavy atom. The standard InChI is InChI=1S/C14H27NO3S/c1-10(2)6-7-19-9-13(16)15-12(8-11(3)4)14(17)18-5/h10-12H,6-9H2,1-5H3,(H,15,16). The molecule has 4 nitrogen and oxygen atoms in total. The van der Waals surface area contributed by atoms with Crippen LogP contribution >= 0.6 is 11.8 Å². The molecule has 0 aromatic rings. The number of methoxy groups -OCH3 is 1. The highest BCUT2D eigenvalue weighted by atomic mass is 32.2. The summed E-state index contributed by atoms with van der Waals surface area (Å²) in [6.07, 6.45) is 1.71. The minimum atomic E-state index is -0.525. The topological polar surface area (TPSA) is 55.4 Å². The van der Waals surface area contributed by atoms with E-state index in [9.17, 15) is 9.59 Å². The van der Waals surface area contributed by atoms with E-state index in [-0.39, 0.29) is 11.9 Å². The van der Waals surface area contributed by atoms with Gasteiger partial charge < -0.3 is 10.1 Å². The van der Waals surface area contributed by atoms with Gasteiger partial charge >= 0.3 is 5.97 Å². The summed E-state index contributed by atoms with van der Waals surface area (Å²) < 4.78 is 4.71. The Labute approximate surface area is 121 Å². The quantitative estimate of drug-likeness (QED) is 0.523. The molecule has 0 spiro atoms. The molecule has 0 fully saturated rings. The van der Waals surface area contributed by atoms with E-state index in [1.165, 1.54) is 7.11 Å². The third-order valence-electron chi connectivity index (χ3n) is 2.60. The van der Waals surface area contributed by atoms with E-state index < -0.39 is 6.04 Å². The number of amides is 1. The van der Waals surface area contributed by atoms with Crippen LogP contribution in [0.15, 0.2) is 0 Å². The van der Waals surface area contributed by atoms with Crippen LogP contribution in [0.1, 0.15) is 40.5 Å². The van der Waals surface area contributed by atoms with Crippen molar-refractivity contribution in [3.8, 4) is 0 Å². The maximum Gasteiger partial charge on any atom is 0.328 e. The van der Waals surface area contributed by atoms with Gasteiger partial charge in [0.2, 0.25) is 5.91 Å². The van der Waals surface area contributed by atoms with Gasteiger partial charge in [-0.25, -0.2) is 4.79 Å². The lowest BCUT2D eigenvalue weighted by molar-refractivity contribution is -0.145. The first kappa shape index (κ1) is 18.3. The van der Waals surface area contributed by atoms with Gasteiger partial charge in [0, 0.05) is 0 Å². The molecule has 0 aliphatic heterocycles. The summed E-state index contributed by atoms with van der Waals surface area (Å²) >= 11 is 1.61. The second-order valence-corrected chi connectivity index (χ2v) is 6.61. The van der Waals surface area contributed by atoms with Crippen LogP contribution in [0.3, 0.4) is 0 Å². The summed E-state index contributed by atoms with van der Waals surface area (Å²) in [6.45, 7) is 8.35. The van der Waals surface area contributed by atoms with Crippen LogP contribution < -0.4 is 5.32 Å². The van der Waals surface area contributed by atoms with Crippen molar-refractivity contribution in [3.05, 3.63) is 0 Å². The predicted molar refractivity (Wildman–Crippen MR) is 80.2 cm³/mol. The van der Waals surface area contributed by atoms with Crippen molar-refractivity contribution < 1.29 is 14.3 Å². The molecule has 0 radical (unpaired) electrons. The van der Waals surface area contributed by atoms with E-state index in [0.29, 0.717) is 24.0 Å². The molecule has 0 saturated carbocycles. The lowest BCUT2D eigenvalue weighted by Gasteiger charge is -2.18. The smallest absolute Gasteiger partial charge is 0.328 e. The SMILES string of the molecule is COC(=O)C(CC(C)C)NC(=O)CSCCC(C)C. The Morgan fingerprint density at radius 1 is 1.16 bits per heavy atom. The molecule has 1 amide bonds. The molecule has 0 heterocycles. The number of rotatable bonds is 9. The number of hydrogen-bond acceptors (Lipinski definition) is 4. The van der Waals surface area contributed by atoms with E-state index in [0.717, 1.165) is 12.2 Å². The Morgan fingerprint density at radius 3 is 2.26 bits per heavy atom. The average molecular weight is 289 g/mol. The van der Waals surface area contributed by atoms with Gasteiger partial charge in [-0.3, -0.25) is 4.79 Å². The number of carbonyl (C=O) groups excluding carboxylic acids is 2. The molecule has 0 rings (SSSR count). The van der Waals surface area contributed by atoms with Crippen molar-refractivity contribution in [2.75, 3.05) is 18.6 Å². The van der Waals surface area contributed by atoms with Gasteiger partial charge in [-0.2, -0.15) is 11.8 Å². The van der Waals surface area contributed by atoms with Crippen molar-refractivity contribution in [1.29, 1.82) is 0 Å². The number of thioether (sulfide) groups is 1. The predicted octanol–water partition coefficient (Wildman–Crippen LogP) is 2.47. The minimum absolute atomic E-state index is 0.0928. The molecule has 0 aromatic heterocycles. The molecule has 19 heavy (non-hydrogen) atoms. The average Bonchev–Trinajstić information content (AvgIpc) is 2.32. The molecule has 0 aliphatic carbocycles. The molecular formula is C14H27NO3S. The van der Waals surface area contributed by atoms with Crippen molar-refractivity contribution in [3.63, 3.8) is 0 Å². The first-order valence-corrected chi connectivity index (χ1v) is 7.97. The zero-order chi connectivity index (χ0) is 14.8. The second-order valence-electron chi connectivity index (χ2n) is 5.51. The van der Waals surface area contributed by atoms with Crippen LogP contribution in [0.2, 0.25) is 0 Å². The normalized spacial score (nSPS) is 12.6. The van der Waals surface area contributed by atoms with Crippen LogP contribution in [0, 0.1) is 11.8 Å². The van der Waals surface area contributed by atoms with E-state index >= 15 is 0 Å². The van der Waals surface area contributed by atoms with Crippen LogP contribution in [0.25, 0.3) is 0 Å². The van der Waals surface area contributed by atoms with Crippen molar-refractivity contribution in [2.24, 2.45) is 11.8 Å². The highest BCUT2D eigenvalue weighted by Gasteiger charge is 2.22. The number of ether oxygens (including phenoxy) is 1. The highest BCUT2D eigenvalue weighted by molar-refractivity contribution is 7.99. The molecule has 1 N–H and O–H groups in total. The fraction of sp³-hybridized carbons (Fsp3) is 0.857. The number of nitrogens with one attached hydrogen (secondary N) is 1. The Balaban J connectivity index is 4.05. The summed E-state index contributed by atoms with van der Waals surface area (Å²) in [5.41, 5.74) is 0. The van der Waals surface area contributed by atoms with Gasteiger partial charge in [0.1, 0.15) is 6.04 Å². The molecule has 0 saturated heterocycles. The van der Waals surface area contributed by atoms with Crippen LogP contribution in [-0.4, -0.2) is 36.5 Å². The van der Waals surface area contributed by atoms with Gasteiger partial charge in [-0.05, 0) is 30.4 Å². The second kappa shape index (κ2) is 10.1. The summed E-state index contributed by atoms with van der Waals surface area (Å²) in [5.74, 6) is 1.90. The van der Waals surface area contributed by atoms with E-state index in [1.54, 1.807) is 11.8 Å². The molecular weight excluding hydrogens is 262 g/mol. The van der Waals surface area contributed by atoms with Crippen LogP contribution in [0.4, 0.5) is 0 Å². The third-order valence-corrected chi connectivity index (χ3v) is 3.59. The molecule has 112 valence electrons. The molecule has 5 heteroatoms. The lowest BCUT2D eigenvalue weighted by Crippen LogP contribution is -2.43. The summed E-state index contributed by atoms with van der Waals surface area (Å²) in [4.78, 5) is 23.3. The van der Waals surface area contributed by atoms with E-state index in [2.05, 4.69) is 19.2 Å². The largest absolute Gasteiger partial charge is 0.467 e. The van der Waals surface area contributed by atoms with Gasteiger partial charge in [0.25, 0.3) is 0 Å². The summed E-state index contributed by atoms with van der Waals surface area (Å²) in [7, 11) is 1.35. The Kier molecular flexibility index (Phi) is 9.74. The fourth-order valence-electron chi connectivity index (χ4n) is 1.55. The molecule has 0 aliphatic rings. The highest BCUT2D eigenvalue weighted by Crippen LogP contribution is 2.10. The number of esters is 1. The van der Waals surface area contributed by atoms with Crippen LogP contribution in [-0.2, 0) is 14.3 Å². The zero-order valence-electron chi connectivity index (χ0n) is 12.7. The Hall–Kier alpha value is -0.710. The first-order chi connectivity index (χ1) is 8.86. The Bertz CT molecular complexity index is 280. The summed E-state index contributed by atoms with van der Waals surface area (Å²) in [5, 5.41) is 2.75. The van der Waals surface area contributed by atoms with Crippen molar-refractivity contribution in [1.82, 2.24) is 5.32 Å². The molecule has 0 bridgehead atoms. The maximum absolute atomic E-state index is 11.8. The van der Waals surface area contributed by atoms with Crippen molar-refractivity contribution >= 4 is 23.6 Å².